The van der Waals surface area contributed by atoms with Gasteiger partial charge < -0.3 is 11.5 Å². The van der Waals surface area contributed by atoms with Crippen molar-refractivity contribution in [3.63, 3.8) is 0 Å². The molecule has 1 rings (SSSR count). The molecule has 0 bridgehead atoms. The Bertz CT molecular complexity index is 397. The van der Waals surface area contributed by atoms with E-state index in [0.717, 1.165) is 9.34 Å². The Hall–Kier alpha value is -0.440. The second-order valence-corrected chi connectivity index (χ2v) is 7.09. The summed E-state index contributed by atoms with van der Waals surface area (Å²) in [6, 6.07) is 0. The van der Waals surface area contributed by atoms with Crippen molar-refractivity contribution in [2.24, 2.45) is 33.5 Å². The molecule has 0 spiro atoms. The molecule has 0 fully saturated rings. The first-order chi connectivity index (χ1) is 7.03. The van der Waals surface area contributed by atoms with Crippen molar-refractivity contribution in [3.05, 3.63) is 11.9 Å². The highest BCUT2D eigenvalue weighted by atomic mass is 31.2. The summed E-state index contributed by atoms with van der Waals surface area (Å²) < 4.78 is 25.0. The predicted molar refractivity (Wildman–Crippen MR) is 60.8 cm³/mol. The van der Waals surface area contributed by atoms with Gasteiger partial charge in [-0.2, -0.15) is 4.67 Å². The molecule has 0 aromatic rings. The fourth-order valence-corrected chi connectivity index (χ4v) is 2.92. The topological polar surface area (TPSA) is 197 Å². The van der Waals surface area contributed by atoms with Gasteiger partial charge in [0.2, 0.25) is 0 Å². The summed E-state index contributed by atoms with van der Waals surface area (Å²) in [7, 11) is -7.22. The second kappa shape index (κ2) is 4.10. The van der Waals surface area contributed by atoms with Crippen LogP contribution in [0.4, 0.5) is 0 Å². The summed E-state index contributed by atoms with van der Waals surface area (Å²) in [6.07, 6.45) is 0.422. The number of nitrogens with two attached hydrogens (primary N) is 6. The van der Waals surface area contributed by atoms with E-state index in [0.29, 0.717) is 0 Å². The Morgan fingerprint density at radius 1 is 1.19 bits per heavy atom. The first-order valence-corrected chi connectivity index (χ1v) is 7.75. The first-order valence-electron chi connectivity index (χ1n) is 4.16. The molecular weight excluding hydrogens is 254 g/mol. The van der Waals surface area contributed by atoms with Crippen LogP contribution in [0.15, 0.2) is 11.9 Å². The highest BCUT2D eigenvalue weighted by Gasteiger charge is 2.36. The summed E-state index contributed by atoms with van der Waals surface area (Å²) in [5, 5.41) is 0. The highest BCUT2D eigenvalue weighted by molar-refractivity contribution is 7.57. The maximum Gasteiger partial charge on any atom is 0.302 e. The van der Waals surface area contributed by atoms with Crippen LogP contribution in [-0.2, 0) is 9.13 Å². The van der Waals surface area contributed by atoms with E-state index in [-0.39, 0.29) is 12.5 Å². The maximum absolute atomic E-state index is 11.5. The molecule has 0 aliphatic carbocycles. The van der Waals surface area contributed by atoms with Crippen LogP contribution in [0.2, 0.25) is 0 Å². The molecule has 10 nitrogen and oxygen atoms in total. The molecule has 0 aromatic heterocycles. The summed E-state index contributed by atoms with van der Waals surface area (Å²) in [5.41, 5.74) is 32.2. The molecule has 1 aliphatic heterocycles. The predicted octanol–water partition coefficient (Wildman–Crippen LogP) is -2.30. The van der Waals surface area contributed by atoms with Gasteiger partial charge in [0.25, 0.3) is 7.59 Å². The van der Waals surface area contributed by atoms with Crippen molar-refractivity contribution >= 4 is 15.2 Å². The van der Waals surface area contributed by atoms with Gasteiger partial charge in [0.1, 0.15) is 5.82 Å². The molecule has 12 heteroatoms. The average Bonchev–Trinajstić information content (AvgIpc) is 1.97. The van der Waals surface area contributed by atoms with Crippen LogP contribution in [0.25, 0.3) is 0 Å². The van der Waals surface area contributed by atoms with E-state index < -0.39 is 21.4 Å². The van der Waals surface area contributed by atoms with Crippen LogP contribution in [0, 0.1) is 0 Å². The van der Waals surface area contributed by atoms with Gasteiger partial charge in [-0.3, -0.25) is 35.8 Å². The molecular formula is C4H16N8O2P2. The van der Waals surface area contributed by atoms with Gasteiger partial charge in [0.05, 0.1) is 12.8 Å². The van der Waals surface area contributed by atoms with E-state index >= 15 is 0 Å². The van der Waals surface area contributed by atoms with Crippen LogP contribution >= 0.6 is 15.2 Å². The van der Waals surface area contributed by atoms with E-state index in [1.807, 2.05) is 0 Å². The van der Waals surface area contributed by atoms with Crippen molar-refractivity contribution in [1.82, 2.24) is 9.34 Å². The third-order valence-electron chi connectivity index (χ3n) is 2.04. The van der Waals surface area contributed by atoms with E-state index in [2.05, 4.69) is 0 Å². The van der Waals surface area contributed by atoms with E-state index in [4.69, 9.17) is 33.5 Å². The van der Waals surface area contributed by atoms with Crippen molar-refractivity contribution in [1.29, 1.82) is 0 Å². The maximum atomic E-state index is 11.5. The van der Waals surface area contributed by atoms with Crippen LogP contribution in [0.3, 0.4) is 0 Å². The highest BCUT2D eigenvalue weighted by Crippen LogP contribution is 2.42. The van der Waals surface area contributed by atoms with Crippen LogP contribution in [0.5, 0.6) is 0 Å². The Morgan fingerprint density at radius 3 is 2.06 bits per heavy atom. The van der Waals surface area contributed by atoms with Gasteiger partial charge in [0, 0.05) is 0 Å². The third-order valence-corrected chi connectivity index (χ3v) is 4.35. The molecule has 0 saturated carbocycles. The Kier molecular flexibility index (Phi) is 3.49. The summed E-state index contributed by atoms with van der Waals surface area (Å²) >= 11 is 0. The molecule has 0 radical (unpaired) electrons. The van der Waals surface area contributed by atoms with Crippen LogP contribution in [0.1, 0.15) is 0 Å². The molecule has 1 heterocycles. The van der Waals surface area contributed by atoms with Crippen LogP contribution in [-0.4, -0.2) is 22.2 Å². The molecule has 12 N–H and O–H groups in total. The van der Waals surface area contributed by atoms with Gasteiger partial charge in [0.15, 0.2) is 0 Å². The van der Waals surface area contributed by atoms with Gasteiger partial charge >= 0.3 is 7.59 Å². The monoisotopic (exact) mass is 270 g/mol. The molecule has 0 amide bonds. The van der Waals surface area contributed by atoms with Crippen molar-refractivity contribution in [3.8, 4) is 0 Å². The molecule has 16 heavy (non-hydrogen) atoms. The number of nitrogens with zero attached hydrogens (tertiary/aromatic N) is 2. The Labute approximate surface area is 92.6 Å². The lowest BCUT2D eigenvalue weighted by atomic mass is 10.4. The van der Waals surface area contributed by atoms with Gasteiger partial charge in [-0.1, -0.05) is 0 Å². The number of rotatable bonds is 2. The van der Waals surface area contributed by atoms with Crippen molar-refractivity contribution in [2.75, 3.05) is 6.67 Å². The fraction of sp³-hybridized carbons (Fsp3) is 0.500. The minimum atomic E-state index is -3.62. The fourth-order valence-electron chi connectivity index (χ4n) is 1.25. The standard InChI is InChI=1S/C4H16N8O2P2/c5-3-1-4(6)12(16(9,10)14)2-11(3)15(7,8)13/h1,3H,2,5-6H2,(H4,7,8,13)(H4,9,10,14). The molecule has 1 aliphatic rings. The second-order valence-electron chi connectivity index (χ2n) is 3.41. The Balaban J connectivity index is 3.08. The zero-order valence-corrected chi connectivity index (χ0v) is 10.2. The summed E-state index contributed by atoms with van der Waals surface area (Å²) in [6.45, 7) is -0.252. The lowest BCUT2D eigenvalue weighted by Crippen LogP contribution is -2.53. The Morgan fingerprint density at radius 2 is 1.69 bits per heavy atom. The third kappa shape index (κ3) is 2.82. The summed E-state index contributed by atoms with van der Waals surface area (Å²) in [4.78, 5) is 0. The molecule has 0 saturated heterocycles. The lowest BCUT2D eigenvalue weighted by Gasteiger charge is -2.40. The molecule has 94 valence electrons. The zero-order valence-electron chi connectivity index (χ0n) is 8.43. The minimum Gasteiger partial charge on any atom is -0.385 e. The smallest absolute Gasteiger partial charge is 0.302 e. The molecule has 0 aromatic carbocycles. The molecule has 1 unspecified atom stereocenters. The van der Waals surface area contributed by atoms with E-state index in [1.54, 1.807) is 0 Å². The van der Waals surface area contributed by atoms with Gasteiger partial charge in [-0.15, -0.1) is 0 Å². The SMILES string of the molecule is NC1=CC(N)N(P(N)(N)=O)CN1P(N)(N)=O. The van der Waals surface area contributed by atoms with Crippen molar-refractivity contribution < 1.29 is 9.13 Å². The largest absolute Gasteiger partial charge is 0.385 e. The van der Waals surface area contributed by atoms with Gasteiger partial charge in [-0.25, -0.2) is 0 Å². The minimum absolute atomic E-state index is 0.0329. The van der Waals surface area contributed by atoms with E-state index in [1.165, 1.54) is 6.08 Å². The molecule has 1 atom stereocenters. The number of hydrogen-bond acceptors (Lipinski definition) is 4. The first kappa shape index (κ1) is 13.6. The van der Waals surface area contributed by atoms with E-state index in [9.17, 15) is 9.13 Å². The lowest BCUT2D eigenvalue weighted by molar-refractivity contribution is 0.258. The van der Waals surface area contributed by atoms with Crippen molar-refractivity contribution in [2.45, 2.75) is 6.17 Å². The average molecular weight is 270 g/mol. The van der Waals surface area contributed by atoms with Gasteiger partial charge in [-0.05, 0) is 6.08 Å². The zero-order chi connectivity index (χ0) is 12.7. The number of hydrogen-bond donors (Lipinski definition) is 6. The normalized spacial score (nSPS) is 24.4. The van der Waals surface area contributed by atoms with Crippen LogP contribution < -0.4 is 33.5 Å². The quantitative estimate of drug-likeness (QED) is 0.296. The summed E-state index contributed by atoms with van der Waals surface area (Å²) in [5.74, 6) is 0.0329.